The molecule has 3 heteroatoms. The zero-order chi connectivity index (χ0) is 15.4. The molecule has 2 aromatic carbocycles. The molecular weight excluding hydrogens is 326 g/mol. The fourth-order valence-electron chi connectivity index (χ4n) is 2.26. The molecule has 2 N–H and O–H groups in total. The van der Waals surface area contributed by atoms with E-state index in [9.17, 15) is 0 Å². The maximum atomic E-state index is 6.18. The zero-order valence-electron chi connectivity index (χ0n) is 12.8. The standard InChI is InChI=1S/C18H22BrNO/c1-12(2)16-11-15(19)6-7-17(16)21-18-10-14(8-9-20)5-4-13(18)3/h4-7,10-12H,8-9,20H2,1-3H3. The molecule has 112 valence electrons. The molecule has 0 aromatic heterocycles. The van der Waals surface area contributed by atoms with E-state index in [1.807, 2.05) is 12.1 Å². The fraction of sp³-hybridized carbons (Fsp3) is 0.333. The highest BCUT2D eigenvalue weighted by Crippen LogP contribution is 2.34. The highest BCUT2D eigenvalue weighted by atomic mass is 79.9. The topological polar surface area (TPSA) is 35.2 Å². The van der Waals surface area contributed by atoms with E-state index in [4.69, 9.17) is 10.5 Å². The van der Waals surface area contributed by atoms with E-state index < -0.39 is 0 Å². The predicted molar refractivity (Wildman–Crippen MR) is 92.2 cm³/mol. The molecule has 0 atom stereocenters. The first-order valence-electron chi connectivity index (χ1n) is 7.28. The minimum absolute atomic E-state index is 0.407. The first-order chi connectivity index (χ1) is 10.0. The highest BCUT2D eigenvalue weighted by molar-refractivity contribution is 9.10. The largest absolute Gasteiger partial charge is 0.457 e. The van der Waals surface area contributed by atoms with Crippen molar-refractivity contribution >= 4 is 15.9 Å². The Hall–Kier alpha value is -1.32. The summed E-state index contributed by atoms with van der Waals surface area (Å²) in [4.78, 5) is 0. The van der Waals surface area contributed by atoms with Gasteiger partial charge < -0.3 is 10.5 Å². The summed E-state index contributed by atoms with van der Waals surface area (Å²) in [5.41, 5.74) is 9.18. The summed E-state index contributed by atoms with van der Waals surface area (Å²) in [7, 11) is 0. The van der Waals surface area contributed by atoms with Gasteiger partial charge in [-0.15, -0.1) is 0 Å². The average molecular weight is 348 g/mol. The number of nitrogens with two attached hydrogens (primary N) is 1. The Labute approximate surface area is 135 Å². The highest BCUT2D eigenvalue weighted by Gasteiger charge is 2.11. The molecule has 0 heterocycles. The molecule has 0 fully saturated rings. The molecule has 0 saturated carbocycles. The first-order valence-corrected chi connectivity index (χ1v) is 8.07. The van der Waals surface area contributed by atoms with Crippen molar-refractivity contribution in [2.45, 2.75) is 33.1 Å². The van der Waals surface area contributed by atoms with Gasteiger partial charge in [-0.1, -0.05) is 41.9 Å². The molecule has 2 rings (SSSR count). The molecule has 0 saturated heterocycles. The van der Waals surface area contributed by atoms with Crippen molar-refractivity contribution in [1.29, 1.82) is 0 Å². The maximum Gasteiger partial charge on any atom is 0.130 e. The summed E-state index contributed by atoms with van der Waals surface area (Å²) in [6.45, 7) is 7.06. The fourth-order valence-corrected chi connectivity index (χ4v) is 2.64. The van der Waals surface area contributed by atoms with Crippen LogP contribution in [0.3, 0.4) is 0 Å². The van der Waals surface area contributed by atoms with Crippen LogP contribution < -0.4 is 10.5 Å². The Bertz CT molecular complexity index is 623. The third kappa shape index (κ3) is 4.08. The van der Waals surface area contributed by atoms with Gasteiger partial charge in [-0.25, -0.2) is 0 Å². The summed E-state index contributed by atoms with van der Waals surface area (Å²) >= 11 is 3.53. The second kappa shape index (κ2) is 7.10. The molecule has 0 unspecified atom stereocenters. The summed E-state index contributed by atoms with van der Waals surface area (Å²) in [5.74, 6) is 2.23. The van der Waals surface area contributed by atoms with Gasteiger partial charge in [0.05, 0.1) is 0 Å². The second-order valence-electron chi connectivity index (χ2n) is 5.58. The van der Waals surface area contributed by atoms with Gasteiger partial charge in [0.2, 0.25) is 0 Å². The smallest absolute Gasteiger partial charge is 0.130 e. The molecule has 0 spiro atoms. The number of rotatable bonds is 5. The van der Waals surface area contributed by atoms with Crippen LogP contribution in [0.1, 0.15) is 36.5 Å². The van der Waals surface area contributed by atoms with Crippen molar-refractivity contribution in [2.24, 2.45) is 5.73 Å². The van der Waals surface area contributed by atoms with E-state index in [-0.39, 0.29) is 0 Å². The third-order valence-corrected chi connectivity index (χ3v) is 3.99. The van der Waals surface area contributed by atoms with Gasteiger partial charge in [0, 0.05) is 4.47 Å². The number of halogens is 1. The molecule has 21 heavy (non-hydrogen) atoms. The van der Waals surface area contributed by atoms with E-state index in [0.29, 0.717) is 12.5 Å². The Kier molecular flexibility index (Phi) is 5.43. The number of hydrogen-bond acceptors (Lipinski definition) is 2. The molecule has 2 nitrogen and oxygen atoms in total. The van der Waals surface area contributed by atoms with Gasteiger partial charge >= 0.3 is 0 Å². The summed E-state index contributed by atoms with van der Waals surface area (Å²) in [6, 6.07) is 12.5. The van der Waals surface area contributed by atoms with E-state index in [1.54, 1.807) is 0 Å². The van der Waals surface area contributed by atoms with Crippen LogP contribution in [0.2, 0.25) is 0 Å². The third-order valence-electron chi connectivity index (χ3n) is 3.50. The van der Waals surface area contributed by atoms with Gasteiger partial charge in [0.25, 0.3) is 0 Å². The van der Waals surface area contributed by atoms with Gasteiger partial charge in [-0.05, 0) is 66.8 Å². The number of aryl methyl sites for hydroxylation is 1. The SMILES string of the molecule is Cc1ccc(CCN)cc1Oc1ccc(Br)cc1C(C)C. The van der Waals surface area contributed by atoms with Crippen molar-refractivity contribution in [1.82, 2.24) is 0 Å². The van der Waals surface area contributed by atoms with Crippen molar-refractivity contribution in [2.75, 3.05) is 6.54 Å². The van der Waals surface area contributed by atoms with Crippen molar-refractivity contribution in [3.8, 4) is 11.5 Å². The average Bonchev–Trinajstić information content (AvgIpc) is 2.44. The molecular formula is C18H22BrNO. The van der Waals surface area contributed by atoms with E-state index in [0.717, 1.165) is 28.0 Å². The molecule has 2 aromatic rings. The van der Waals surface area contributed by atoms with Gasteiger partial charge in [0.15, 0.2) is 0 Å². The van der Waals surface area contributed by atoms with Crippen LogP contribution in [-0.2, 0) is 6.42 Å². The summed E-state index contributed by atoms with van der Waals surface area (Å²) in [5, 5.41) is 0. The van der Waals surface area contributed by atoms with E-state index in [1.165, 1.54) is 11.1 Å². The molecule has 0 aliphatic carbocycles. The van der Waals surface area contributed by atoms with E-state index >= 15 is 0 Å². The Morgan fingerprint density at radius 3 is 2.52 bits per heavy atom. The van der Waals surface area contributed by atoms with Crippen LogP contribution in [0.5, 0.6) is 11.5 Å². The zero-order valence-corrected chi connectivity index (χ0v) is 14.4. The van der Waals surface area contributed by atoms with Crippen LogP contribution in [0, 0.1) is 6.92 Å². The number of ether oxygens (including phenoxy) is 1. The van der Waals surface area contributed by atoms with Crippen LogP contribution in [0.15, 0.2) is 40.9 Å². The lowest BCUT2D eigenvalue weighted by molar-refractivity contribution is 0.469. The molecule has 0 aliphatic rings. The Morgan fingerprint density at radius 2 is 1.86 bits per heavy atom. The predicted octanol–water partition coefficient (Wildman–Crippen LogP) is 5.17. The lowest BCUT2D eigenvalue weighted by Gasteiger charge is -2.16. The molecule has 0 radical (unpaired) electrons. The summed E-state index contributed by atoms with van der Waals surface area (Å²) in [6.07, 6.45) is 0.869. The monoisotopic (exact) mass is 347 g/mol. The first kappa shape index (κ1) is 16.1. The minimum Gasteiger partial charge on any atom is -0.457 e. The Balaban J connectivity index is 2.35. The Morgan fingerprint density at radius 1 is 1.10 bits per heavy atom. The quantitative estimate of drug-likeness (QED) is 0.809. The van der Waals surface area contributed by atoms with Crippen LogP contribution in [-0.4, -0.2) is 6.54 Å². The van der Waals surface area contributed by atoms with Crippen molar-refractivity contribution in [3.05, 3.63) is 57.6 Å². The van der Waals surface area contributed by atoms with Crippen LogP contribution >= 0.6 is 15.9 Å². The van der Waals surface area contributed by atoms with Crippen LogP contribution in [0.4, 0.5) is 0 Å². The normalized spacial score (nSPS) is 11.0. The molecule has 0 bridgehead atoms. The van der Waals surface area contributed by atoms with Gasteiger partial charge in [0.1, 0.15) is 11.5 Å². The lowest BCUT2D eigenvalue weighted by atomic mass is 10.0. The lowest BCUT2D eigenvalue weighted by Crippen LogP contribution is -2.03. The van der Waals surface area contributed by atoms with Gasteiger partial charge in [-0.2, -0.15) is 0 Å². The van der Waals surface area contributed by atoms with E-state index in [2.05, 4.69) is 61.0 Å². The number of benzene rings is 2. The second-order valence-corrected chi connectivity index (χ2v) is 6.49. The minimum atomic E-state index is 0.407. The maximum absolute atomic E-state index is 6.18. The van der Waals surface area contributed by atoms with Gasteiger partial charge in [-0.3, -0.25) is 0 Å². The molecule has 0 amide bonds. The van der Waals surface area contributed by atoms with Crippen molar-refractivity contribution in [3.63, 3.8) is 0 Å². The van der Waals surface area contributed by atoms with Crippen molar-refractivity contribution < 1.29 is 4.74 Å². The van der Waals surface area contributed by atoms with Crippen LogP contribution in [0.25, 0.3) is 0 Å². The number of hydrogen-bond donors (Lipinski definition) is 1. The molecule has 0 aliphatic heterocycles. The summed E-state index contributed by atoms with van der Waals surface area (Å²) < 4.78 is 7.26.